The zero-order chi connectivity index (χ0) is 11.0. The topological polar surface area (TPSA) is 24.1 Å². The van der Waals surface area contributed by atoms with Crippen molar-refractivity contribution in [3.8, 4) is 0 Å². The summed E-state index contributed by atoms with van der Waals surface area (Å²) >= 11 is 8.89. The first kappa shape index (κ1) is 11.7. The third-order valence-electron chi connectivity index (χ3n) is 2.85. The number of thiophene rings is 1. The molecule has 0 bridgehead atoms. The number of hydrogen-bond acceptors (Lipinski definition) is 3. The molecule has 0 aromatic carbocycles. The van der Waals surface area contributed by atoms with Gasteiger partial charge in [-0.1, -0.05) is 13.8 Å². The van der Waals surface area contributed by atoms with E-state index in [1.165, 1.54) is 18.9 Å². The Labute approximate surface area is 111 Å². The Morgan fingerprint density at radius 2 is 1.40 bits per heavy atom. The van der Waals surface area contributed by atoms with Gasteiger partial charge in [-0.2, -0.15) is 0 Å². The Morgan fingerprint density at radius 1 is 1.00 bits per heavy atom. The Balaban J connectivity index is 2.34. The van der Waals surface area contributed by atoms with E-state index in [1.54, 1.807) is 11.3 Å². The molecular weight excluding hydrogens is 340 g/mol. The number of nitrogens with one attached hydrogen (secondary N) is 2. The second-order valence-corrected chi connectivity index (χ2v) is 7.37. The number of rotatable bonds is 2. The van der Waals surface area contributed by atoms with Crippen molar-refractivity contribution in [1.29, 1.82) is 0 Å². The minimum Gasteiger partial charge on any atom is -0.377 e. The maximum atomic E-state index is 3.61. The highest BCUT2D eigenvalue weighted by molar-refractivity contribution is 9.12. The van der Waals surface area contributed by atoms with Crippen LogP contribution in [0.25, 0.3) is 0 Å². The van der Waals surface area contributed by atoms with Crippen LogP contribution in [0, 0.1) is 0 Å². The van der Waals surface area contributed by atoms with Crippen molar-refractivity contribution in [2.24, 2.45) is 0 Å². The fraction of sp³-hybridized carbons (Fsp3) is 0.600. The van der Waals surface area contributed by atoms with Crippen molar-refractivity contribution in [1.82, 2.24) is 0 Å². The molecule has 0 fully saturated rings. The van der Waals surface area contributed by atoms with Crippen LogP contribution in [0.4, 0.5) is 11.4 Å². The fourth-order valence-corrected chi connectivity index (χ4v) is 4.91. The summed E-state index contributed by atoms with van der Waals surface area (Å²) in [6, 6.07) is 1.06. The van der Waals surface area contributed by atoms with Crippen LogP contribution >= 0.6 is 43.2 Å². The van der Waals surface area contributed by atoms with E-state index in [2.05, 4.69) is 56.3 Å². The quantitative estimate of drug-likeness (QED) is 0.807. The molecule has 15 heavy (non-hydrogen) atoms. The molecule has 2 atom stereocenters. The Morgan fingerprint density at radius 3 is 1.73 bits per heavy atom. The standard InChI is InChI=1S/C10H14Br2N2S/c1-3-5-6(4-2)14-8-7(13-5)9(11)15-10(8)12/h5-6,13-14H,3-4H2,1-2H3. The van der Waals surface area contributed by atoms with Gasteiger partial charge in [0.25, 0.3) is 0 Å². The van der Waals surface area contributed by atoms with Crippen molar-refractivity contribution in [2.75, 3.05) is 10.6 Å². The summed E-state index contributed by atoms with van der Waals surface area (Å²) in [5.74, 6) is 0. The van der Waals surface area contributed by atoms with Crippen LogP contribution in [0.2, 0.25) is 0 Å². The smallest absolute Gasteiger partial charge is 0.0963 e. The summed E-state index contributed by atoms with van der Waals surface area (Å²) in [6.07, 6.45) is 2.29. The minimum atomic E-state index is 0.528. The molecule has 0 saturated carbocycles. The van der Waals surface area contributed by atoms with Crippen molar-refractivity contribution >= 4 is 54.6 Å². The summed E-state index contributed by atoms with van der Waals surface area (Å²) in [7, 11) is 0. The van der Waals surface area contributed by atoms with Crippen LogP contribution in [-0.2, 0) is 0 Å². The van der Waals surface area contributed by atoms with Crippen LogP contribution in [-0.4, -0.2) is 12.1 Å². The monoisotopic (exact) mass is 352 g/mol. The molecule has 0 saturated heterocycles. The van der Waals surface area contributed by atoms with Gasteiger partial charge in [0.1, 0.15) is 0 Å². The zero-order valence-corrected chi connectivity index (χ0v) is 12.7. The molecule has 2 rings (SSSR count). The molecule has 2 heterocycles. The van der Waals surface area contributed by atoms with Crippen LogP contribution in [0.15, 0.2) is 7.57 Å². The van der Waals surface area contributed by atoms with E-state index in [0.29, 0.717) is 12.1 Å². The molecular formula is C10H14Br2N2S. The third-order valence-corrected chi connectivity index (χ3v) is 5.38. The largest absolute Gasteiger partial charge is 0.377 e. The van der Waals surface area contributed by atoms with Crippen molar-refractivity contribution in [3.63, 3.8) is 0 Å². The van der Waals surface area contributed by atoms with E-state index in [0.717, 1.165) is 12.8 Å². The minimum absolute atomic E-state index is 0.528. The highest BCUT2D eigenvalue weighted by atomic mass is 79.9. The highest BCUT2D eigenvalue weighted by Gasteiger charge is 2.29. The molecule has 2 nitrogen and oxygen atoms in total. The molecule has 2 N–H and O–H groups in total. The molecule has 1 aliphatic heterocycles. The molecule has 1 aromatic heterocycles. The van der Waals surface area contributed by atoms with Crippen LogP contribution < -0.4 is 10.6 Å². The van der Waals surface area contributed by atoms with Gasteiger partial charge in [-0.3, -0.25) is 0 Å². The first-order chi connectivity index (χ1) is 7.17. The normalized spacial score (nSPS) is 24.3. The van der Waals surface area contributed by atoms with E-state index in [4.69, 9.17) is 0 Å². The van der Waals surface area contributed by atoms with Crippen LogP contribution in [0.3, 0.4) is 0 Å². The highest BCUT2D eigenvalue weighted by Crippen LogP contribution is 2.48. The van der Waals surface area contributed by atoms with E-state index in [9.17, 15) is 0 Å². The lowest BCUT2D eigenvalue weighted by molar-refractivity contribution is 0.549. The fourth-order valence-electron chi connectivity index (χ4n) is 1.98. The van der Waals surface area contributed by atoms with E-state index in [-0.39, 0.29) is 0 Å². The Kier molecular flexibility index (Phi) is 3.63. The van der Waals surface area contributed by atoms with Gasteiger partial charge in [-0.15, -0.1) is 11.3 Å². The van der Waals surface area contributed by atoms with E-state index in [1.807, 2.05) is 0 Å². The molecule has 0 aliphatic carbocycles. The van der Waals surface area contributed by atoms with Gasteiger partial charge in [-0.05, 0) is 44.7 Å². The predicted molar refractivity (Wildman–Crippen MR) is 75.1 cm³/mol. The maximum absolute atomic E-state index is 3.61. The summed E-state index contributed by atoms with van der Waals surface area (Å²) in [4.78, 5) is 0. The second kappa shape index (κ2) is 4.63. The lowest BCUT2D eigenvalue weighted by Crippen LogP contribution is -2.41. The first-order valence-electron chi connectivity index (χ1n) is 5.18. The van der Waals surface area contributed by atoms with Crippen molar-refractivity contribution in [3.05, 3.63) is 7.57 Å². The number of hydrogen-bond donors (Lipinski definition) is 2. The lowest BCUT2D eigenvalue weighted by Gasteiger charge is -2.34. The SMILES string of the molecule is CCC1Nc2c(Br)sc(Br)c2NC1CC. The number of anilines is 2. The second-order valence-electron chi connectivity index (χ2n) is 3.72. The molecule has 1 aromatic rings. The van der Waals surface area contributed by atoms with Crippen LogP contribution in [0.1, 0.15) is 26.7 Å². The van der Waals surface area contributed by atoms with Crippen molar-refractivity contribution < 1.29 is 0 Å². The molecule has 0 amide bonds. The van der Waals surface area contributed by atoms with Crippen molar-refractivity contribution in [2.45, 2.75) is 38.8 Å². The summed E-state index contributed by atoms with van der Waals surface area (Å²) in [6.45, 7) is 4.45. The summed E-state index contributed by atoms with van der Waals surface area (Å²) < 4.78 is 2.34. The molecule has 0 spiro atoms. The predicted octanol–water partition coefficient (Wildman–Crippen LogP) is 4.67. The average molecular weight is 354 g/mol. The molecule has 2 unspecified atom stereocenters. The molecule has 5 heteroatoms. The summed E-state index contributed by atoms with van der Waals surface area (Å²) in [5, 5.41) is 7.22. The van der Waals surface area contributed by atoms with Gasteiger partial charge < -0.3 is 10.6 Å². The Hall–Kier alpha value is 0.260. The lowest BCUT2D eigenvalue weighted by atomic mass is 10.0. The summed E-state index contributed by atoms with van der Waals surface area (Å²) in [5.41, 5.74) is 2.42. The average Bonchev–Trinajstić information content (AvgIpc) is 2.52. The van der Waals surface area contributed by atoms with Gasteiger partial charge in [-0.25, -0.2) is 0 Å². The van der Waals surface area contributed by atoms with Gasteiger partial charge in [0.2, 0.25) is 0 Å². The van der Waals surface area contributed by atoms with Gasteiger partial charge in [0, 0.05) is 12.1 Å². The molecule has 1 aliphatic rings. The van der Waals surface area contributed by atoms with Gasteiger partial charge >= 0.3 is 0 Å². The zero-order valence-electron chi connectivity index (χ0n) is 8.73. The van der Waals surface area contributed by atoms with Gasteiger partial charge in [0.05, 0.1) is 18.9 Å². The van der Waals surface area contributed by atoms with Gasteiger partial charge in [0.15, 0.2) is 0 Å². The number of fused-ring (bicyclic) bond motifs is 1. The third kappa shape index (κ3) is 2.06. The first-order valence-corrected chi connectivity index (χ1v) is 7.58. The number of halogens is 2. The molecule has 84 valence electrons. The molecule has 0 radical (unpaired) electrons. The Bertz CT molecular complexity index is 332. The maximum Gasteiger partial charge on any atom is 0.0963 e. The van der Waals surface area contributed by atoms with Crippen LogP contribution in [0.5, 0.6) is 0 Å². The van der Waals surface area contributed by atoms with E-state index >= 15 is 0 Å². The van der Waals surface area contributed by atoms with E-state index < -0.39 is 0 Å².